The third-order valence-electron chi connectivity index (χ3n) is 5.13. The Morgan fingerprint density at radius 1 is 1.13 bits per heavy atom. The smallest absolute Gasteiger partial charge is 0.115 e. The number of phenolic OH excluding ortho intramolecular Hbond substituents is 1. The summed E-state index contributed by atoms with van der Waals surface area (Å²) in [7, 11) is 0. The zero-order chi connectivity index (χ0) is 16.6. The fourth-order valence-corrected chi connectivity index (χ4v) is 3.78. The maximum Gasteiger partial charge on any atom is 0.115 e. The van der Waals surface area contributed by atoms with Crippen molar-refractivity contribution in [2.24, 2.45) is 0 Å². The predicted octanol–water partition coefficient (Wildman–Crippen LogP) is 5.88. The van der Waals surface area contributed by atoms with Crippen molar-refractivity contribution in [2.75, 3.05) is 0 Å². The fourth-order valence-electron chi connectivity index (χ4n) is 3.78. The van der Waals surface area contributed by atoms with Gasteiger partial charge in [-0.2, -0.15) is 0 Å². The van der Waals surface area contributed by atoms with E-state index in [0.29, 0.717) is 5.75 Å². The van der Waals surface area contributed by atoms with E-state index < -0.39 is 0 Å². The van der Waals surface area contributed by atoms with Gasteiger partial charge in [-0.25, -0.2) is 0 Å². The first-order chi connectivity index (χ1) is 10.9. The van der Waals surface area contributed by atoms with Crippen LogP contribution in [0.4, 0.5) is 0 Å². The second kappa shape index (κ2) is 5.88. The minimum absolute atomic E-state index is 0.273. The molecule has 0 saturated carbocycles. The monoisotopic (exact) mass is 306 g/mol. The molecule has 0 radical (unpaired) electrons. The quantitative estimate of drug-likeness (QED) is 0.687. The lowest BCUT2D eigenvalue weighted by Crippen LogP contribution is -2.24. The molecule has 0 saturated heterocycles. The average molecular weight is 306 g/mol. The summed E-state index contributed by atoms with van der Waals surface area (Å²) in [6, 6.07) is 12.2. The van der Waals surface area contributed by atoms with Crippen LogP contribution in [-0.4, -0.2) is 5.11 Å². The summed E-state index contributed by atoms with van der Waals surface area (Å²) in [5.41, 5.74) is 8.41. The van der Waals surface area contributed by atoms with E-state index in [0.717, 1.165) is 5.56 Å². The van der Waals surface area contributed by atoms with Gasteiger partial charge >= 0.3 is 0 Å². The van der Waals surface area contributed by atoms with Crippen LogP contribution in [0.3, 0.4) is 0 Å². The first-order valence-corrected chi connectivity index (χ1v) is 8.48. The third-order valence-corrected chi connectivity index (χ3v) is 5.13. The molecule has 1 aliphatic rings. The van der Waals surface area contributed by atoms with Gasteiger partial charge in [0.15, 0.2) is 0 Å². The van der Waals surface area contributed by atoms with Crippen molar-refractivity contribution in [2.45, 2.75) is 52.4 Å². The molecule has 0 unspecified atom stereocenters. The summed E-state index contributed by atoms with van der Waals surface area (Å²) < 4.78 is 0. The molecule has 0 spiro atoms. The van der Waals surface area contributed by atoms with Crippen LogP contribution in [0.1, 0.15) is 61.4 Å². The number of fused-ring (bicyclic) bond motifs is 1. The number of aromatic hydroxyl groups is 1. The van der Waals surface area contributed by atoms with Gasteiger partial charge in [-0.05, 0) is 84.0 Å². The molecule has 1 heteroatoms. The van der Waals surface area contributed by atoms with Crippen molar-refractivity contribution in [3.8, 4) is 5.75 Å². The molecule has 1 nitrogen and oxygen atoms in total. The standard InChI is InChI=1S/C22H26O/c1-15(12-17-7-9-19(23)10-8-17)20-14-21-18(13-16(20)2)6-5-11-22(21,3)4/h7-10,12-14,23H,5-6,11H2,1-4H3. The number of hydrogen-bond acceptors (Lipinski definition) is 1. The lowest BCUT2D eigenvalue weighted by atomic mass is 9.71. The van der Waals surface area contributed by atoms with Gasteiger partial charge in [-0.15, -0.1) is 0 Å². The number of aryl methyl sites for hydroxylation is 2. The molecule has 2 aromatic rings. The van der Waals surface area contributed by atoms with Gasteiger partial charge in [0.05, 0.1) is 0 Å². The number of phenols is 1. The lowest BCUT2D eigenvalue weighted by Gasteiger charge is -2.33. The van der Waals surface area contributed by atoms with Gasteiger partial charge < -0.3 is 5.11 Å². The highest BCUT2D eigenvalue weighted by Gasteiger charge is 2.28. The Morgan fingerprint density at radius 3 is 2.52 bits per heavy atom. The van der Waals surface area contributed by atoms with Crippen molar-refractivity contribution >= 4 is 11.6 Å². The van der Waals surface area contributed by atoms with Gasteiger partial charge in [0.1, 0.15) is 5.75 Å². The Hall–Kier alpha value is -2.02. The maximum atomic E-state index is 9.42. The molecular formula is C22H26O. The Kier molecular flexibility index (Phi) is 4.06. The molecular weight excluding hydrogens is 280 g/mol. The number of hydrogen-bond donors (Lipinski definition) is 1. The van der Waals surface area contributed by atoms with Crippen LogP contribution in [0.15, 0.2) is 36.4 Å². The molecule has 0 aliphatic heterocycles. The topological polar surface area (TPSA) is 20.2 Å². The number of rotatable bonds is 2. The molecule has 3 rings (SSSR count). The van der Waals surface area contributed by atoms with Crippen LogP contribution in [0.5, 0.6) is 5.75 Å². The summed E-state index contributed by atoms with van der Waals surface area (Å²) in [6.45, 7) is 9.12. The predicted molar refractivity (Wildman–Crippen MR) is 98.8 cm³/mol. The van der Waals surface area contributed by atoms with E-state index in [2.05, 4.69) is 45.9 Å². The van der Waals surface area contributed by atoms with E-state index in [9.17, 15) is 5.11 Å². The highest BCUT2D eigenvalue weighted by Crippen LogP contribution is 2.39. The van der Waals surface area contributed by atoms with E-state index in [1.165, 1.54) is 47.1 Å². The molecule has 0 aromatic heterocycles. The zero-order valence-corrected chi connectivity index (χ0v) is 14.6. The summed E-state index contributed by atoms with van der Waals surface area (Å²) in [6.07, 6.45) is 5.97. The summed E-state index contributed by atoms with van der Waals surface area (Å²) in [4.78, 5) is 0. The van der Waals surface area contributed by atoms with E-state index >= 15 is 0 Å². The Labute approximate surface area is 139 Å². The molecule has 0 fully saturated rings. The summed E-state index contributed by atoms with van der Waals surface area (Å²) in [5.74, 6) is 0.312. The zero-order valence-electron chi connectivity index (χ0n) is 14.6. The van der Waals surface area contributed by atoms with Crippen LogP contribution in [0.25, 0.3) is 11.6 Å². The van der Waals surface area contributed by atoms with Crippen molar-refractivity contribution in [1.29, 1.82) is 0 Å². The van der Waals surface area contributed by atoms with Crippen LogP contribution in [0, 0.1) is 6.92 Å². The highest BCUT2D eigenvalue weighted by molar-refractivity contribution is 5.82. The maximum absolute atomic E-state index is 9.42. The Balaban J connectivity index is 2.04. The highest BCUT2D eigenvalue weighted by atomic mass is 16.3. The molecule has 1 aliphatic carbocycles. The third kappa shape index (κ3) is 3.19. The normalized spacial score (nSPS) is 17.0. The lowest BCUT2D eigenvalue weighted by molar-refractivity contribution is 0.431. The molecule has 0 amide bonds. The van der Waals surface area contributed by atoms with Crippen LogP contribution in [-0.2, 0) is 11.8 Å². The van der Waals surface area contributed by atoms with Crippen molar-refractivity contribution in [3.63, 3.8) is 0 Å². The van der Waals surface area contributed by atoms with Gasteiger partial charge in [0.25, 0.3) is 0 Å². The molecule has 1 N–H and O–H groups in total. The van der Waals surface area contributed by atoms with E-state index in [1.807, 2.05) is 12.1 Å². The van der Waals surface area contributed by atoms with Crippen molar-refractivity contribution < 1.29 is 5.11 Å². The summed E-state index contributed by atoms with van der Waals surface area (Å²) in [5, 5.41) is 9.42. The van der Waals surface area contributed by atoms with E-state index in [4.69, 9.17) is 0 Å². The molecule has 0 heterocycles. The molecule has 0 atom stereocenters. The first-order valence-electron chi connectivity index (χ1n) is 8.48. The Morgan fingerprint density at radius 2 is 1.83 bits per heavy atom. The van der Waals surface area contributed by atoms with Crippen LogP contribution < -0.4 is 0 Å². The number of benzene rings is 2. The largest absolute Gasteiger partial charge is 0.508 e. The minimum Gasteiger partial charge on any atom is -0.508 e. The average Bonchev–Trinajstić information content (AvgIpc) is 2.48. The van der Waals surface area contributed by atoms with Crippen molar-refractivity contribution in [1.82, 2.24) is 0 Å². The van der Waals surface area contributed by atoms with E-state index in [-0.39, 0.29) is 5.41 Å². The SMILES string of the molecule is CC(=Cc1ccc(O)cc1)c1cc2c(cc1C)CCCC2(C)C. The van der Waals surface area contributed by atoms with Crippen LogP contribution >= 0.6 is 0 Å². The second-order valence-corrected chi connectivity index (χ2v) is 7.48. The molecule has 23 heavy (non-hydrogen) atoms. The second-order valence-electron chi connectivity index (χ2n) is 7.48. The van der Waals surface area contributed by atoms with Gasteiger partial charge in [0, 0.05) is 0 Å². The van der Waals surface area contributed by atoms with Crippen LogP contribution in [0.2, 0.25) is 0 Å². The van der Waals surface area contributed by atoms with Crippen molar-refractivity contribution in [3.05, 3.63) is 64.2 Å². The first kappa shape index (κ1) is 15.9. The minimum atomic E-state index is 0.273. The van der Waals surface area contributed by atoms with Gasteiger partial charge in [0.2, 0.25) is 0 Å². The molecule has 2 aromatic carbocycles. The summed E-state index contributed by atoms with van der Waals surface area (Å²) >= 11 is 0. The molecule has 0 bridgehead atoms. The molecule has 120 valence electrons. The van der Waals surface area contributed by atoms with E-state index in [1.54, 1.807) is 12.1 Å². The van der Waals surface area contributed by atoms with Gasteiger partial charge in [-0.1, -0.05) is 44.2 Å². The Bertz CT molecular complexity index is 748. The fraction of sp³-hybridized carbons (Fsp3) is 0.364. The number of allylic oxidation sites excluding steroid dienone is 1. The van der Waals surface area contributed by atoms with Gasteiger partial charge in [-0.3, -0.25) is 0 Å².